The van der Waals surface area contributed by atoms with E-state index in [0.29, 0.717) is 18.2 Å². The number of amides is 1. The molecule has 1 aromatic heterocycles. The van der Waals surface area contributed by atoms with E-state index in [2.05, 4.69) is 15.0 Å². The van der Waals surface area contributed by atoms with E-state index in [9.17, 15) is 4.79 Å². The lowest BCUT2D eigenvalue weighted by Gasteiger charge is -2.09. The molecule has 1 saturated carbocycles. The number of nitrogens with one attached hydrogen (secondary N) is 1. The average molecular weight is 229 g/mol. The zero-order chi connectivity index (χ0) is 10.7. The van der Waals surface area contributed by atoms with E-state index >= 15 is 0 Å². The fourth-order valence-electron chi connectivity index (χ4n) is 1.86. The number of hydrogen-bond acceptors (Lipinski definition) is 3. The van der Waals surface area contributed by atoms with Crippen LogP contribution in [-0.2, 0) is 0 Å². The van der Waals surface area contributed by atoms with Gasteiger partial charge in [0.15, 0.2) is 5.69 Å². The second-order valence-electron chi connectivity index (χ2n) is 3.87. The number of carbonyl (C=O) groups excluding carboxylic acids is 1. The minimum atomic E-state index is -0.179. The Kier molecular flexibility index (Phi) is 3.26. The first kappa shape index (κ1) is 10.5. The van der Waals surface area contributed by atoms with Crippen LogP contribution in [0, 0.1) is 5.92 Å². The summed E-state index contributed by atoms with van der Waals surface area (Å²) in [5.74, 6) is 0.324. The number of carbonyl (C=O) groups is 1. The van der Waals surface area contributed by atoms with Crippen LogP contribution in [0.2, 0.25) is 0 Å². The first-order valence-electron chi connectivity index (χ1n) is 5.08. The molecule has 1 aromatic rings. The molecule has 1 aliphatic rings. The lowest BCUT2D eigenvalue weighted by Crippen LogP contribution is -2.28. The van der Waals surface area contributed by atoms with E-state index in [-0.39, 0.29) is 11.3 Å². The summed E-state index contributed by atoms with van der Waals surface area (Å²) in [5, 5.41) is 6.67. The monoisotopic (exact) mass is 228 g/mol. The van der Waals surface area contributed by atoms with Crippen molar-refractivity contribution in [2.45, 2.75) is 24.6 Å². The highest BCUT2D eigenvalue weighted by Crippen LogP contribution is 2.28. The van der Waals surface area contributed by atoms with Gasteiger partial charge in [0, 0.05) is 18.0 Å². The van der Waals surface area contributed by atoms with Gasteiger partial charge in [-0.05, 0) is 25.2 Å². The minimum absolute atomic E-state index is 0.179. The van der Waals surface area contributed by atoms with Crippen molar-refractivity contribution < 1.29 is 9.32 Å². The third-order valence-corrected chi connectivity index (χ3v) is 3.10. The quantitative estimate of drug-likeness (QED) is 0.803. The Morgan fingerprint density at radius 3 is 3.13 bits per heavy atom. The first-order valence-corrected chi connectivity index (χ1v) is 5.52. The van der Waals surface area contributed by atoms with E-state index in [0.717, 1.165) is 19.3 Å². The Hall–Kier alpha value is -1.03. The number of aromatic nitrogens is 1. The molecule has 1 fully saturated rings. The van der Waals surface area contributed by atoms with Crippen molar-refractivity contribution in [3.05, 3.63) is 18.0 Å². The van der Waals surface area contributed by atoms with Crippen molar-refractivity contribution in [1.29, 1.82) is 0 Å². The van der Waals surface area contributed by atoms with Crippen molar-refractivity contribution >= 4 is 17.5 Å². The third-order valence-electron chi connectivity index (χ3n) is 2.70. The van der Waals surface area contributed by atoms with Gasteiger partial charge in [0.1, 0.15) is 6.26 Å². The van der Waals surface area contributed by atoms with Gasteiger partial charge in [-0.15, -0.1) is 11.6 Å². The second kappa shape index (κ2) is 4.66. The van der Waals surface area contributed by atoms with Gasteiger partial charge >= 0.3 is 0 Å². The highest BCUT2D eigenvalue weighted by molar-refractivity contribution is 6.20. The van der Waals surface area contributed by atoms with Crippen molar-refractivity contribution in [2.75, 3.05) is 6.54 Å². The maximum atomic E-state index is 11.5. The molecule has 82 valence electrons. The summed E-state index contributed by atoms with van der Waals surface area (Å²) < 4.78 is 4.59. The molecule has 0 saturated heterocycles. The third kappa shape index (κ3) is 2.72. The van der Waals surface area contributed by atoms with Crippen molar-refractivity contribution in [3.63, 3.8) is 0 Å². The number of halogens is 1. The smallest absolute Gasteiger partial charge is 0.273 e. The van der Waals surface area contributed by atoms with Gasteiger partial charge in [-0.2, -0.15) is 0 Å². The van der Waals surface area contributed by atoms with Gasteiger partial charge in [0.05, 0.1) is 0 Å². The van der Waals surface area contributed by atoms with E-state index in [4.69, 9.17) is 11.6 Å². The molecule has 0 aromatic carbocycles. The predicted molar refractivity (Wildman–Crippen MR) is 55.8 cm³/mol. The van der Waals surface area contributed by atoms with Gasteiger partial charge in [-0.1, -0.05) is 5.16 Å². The molecule has 2 rings (SSSR count). The van der Waals surface area contributed by atoms with Crippen LogP contribution in [0.5, 0.6) is 0 Å². The maximum Gasteiger partial charge on any atom is 0.273 e. The summed E-state index contributed by atoms with van der Waals surface area (Å²) in [6, 6.07) is 1.55. The maximum absolute atomic E-state index is 11.5. The predicted octanol–water partition coefficient (Wildman–Crippen LogP) is 1.81. The number of rotatable bonds is 3. The van der Waals surface area contributed by atoms with E-state index in [1.807, 2.05) is 0 Å². The molecule has 0 radical (unpaired) electrons. The summed E-state index contributed by atoms with van der Waals surface area (Å²) in [6.45, 7) is 0.676. The molecule has 1 aliphatic carbocycles. The molecular weight excluding hydrogens is 216 g/mol. The molecule has 1 heterocycles. The van der Waals surface area contributed by atoms with Crippen LogP contribution < -0.4 is 5.32 Å². The van der Waals surface area contributed by atoms with Crippen LogP contribution in [0.4, 0.5) is 0 Å². The summed E-state index contributed by atoms with van der Waals surface area (Å²) in [5.41, 5.74) is 0.329. The van der Waals surface area contributed by atoms with Crippen LogP contribution in [0.3, 0.4) is 0 Å². The highest BCUT2D eigenvalue weighted by Gasteiger charge is 2.23. The van der Waals surface area contributed by atoms with E-state index in [1.54, 1.807) is 6.07 Å². The molecule has 0 aliphatic heterocycles. The van der Waals surface area contributed by atoms with Crippen LogP contribution >= 0.6 is 11.6 Å². The Labute approximate surface area is 93.0 Å². The van der Waals surface area contributed by atoms with Gasteiger partial charge in [-0.3, -0.25) is 4.79 Å². The zero-order valence-electron chi connectivity index (χ0n) is 8.28. The van der Waals surface area contributed by atoms with Gasteiger partial charge in [0.25, 0.3) is 5.91 Å². The lowest BCUT2D eigenvalue weighted by atomic mass is 10.1. The molecule has 0 bridgehead atoms. The molecule has 1 N–H and O–H groups in total. The zero-order valence-corrected chi connectivity index (χ0v) is 9.04. The standard InChI is InChI=1S/C10H13ClN2O2/c11-8-2-1-7(5-8)6-12-10(14)9-3-4-15-13-9/h3-4,7-8H,1-2,5-6H2,(H,12,14). The summed E-state index contributed by atoms with van der Waals surface area (Å²) in [7, 11) is 0. The van der Waals surface area contributed by atoms with Crippen molar-refractivity contribution in [3.8, 4) is 0 Å². The topological polar surface area (TPSA) is 55.1 Å². The molecule has 15 heavy (non-hydrogen) atoms. The fourth-order valence-corrected chi connectivity index (χ4v) is 2.23. The normalized spacial score (nSPS) is 25.4. The minimum Gasteiger partial charge on any atom is -0.364 e. The molecule has 5 heteroatoms. The second-order valence-corrected chi connectivity index (χ2v) is 4.49. The molecular formula is C10H13ClN2O2. The van der Waals surface area contributed by atoms with Crippen LogP contribution in [-0.4, -0.2) is 23.0 Å². The molecule has 2 unspecified atom stereocenters. The van der Waals surface area contributed by atoms with E-state index in [1.165, 1.54) is 6.26 Å². The summed E-state index contributed by atoms with van der Waals surface area (Å²) in [4.78, 5) is 11.5. The Balaban J connectivity index is 1.76. The van der Waals surface area contributed by atoms with Gasteiger partial charge < -0.3 is 9.84 Å². The first-order chi connectivity index (χ1) is 7.25. The van der Waals surface area contributed by atoms with Crippen LogP contribution in [0.1, 0.15) is 29.8 Å². The Morgan fingerprint density at radius 1 is 1.67 bits per heavy atom. The largest absolute Gasteiger partial charge is 0.364 e. The lowest BCUT2D eigenvalue weighted by molar-refractivity contribution is 0.0938. The Morgan fingerprint density at radius 2 is 2.53 bits per heavy atom. The molecule has 4 nitrogen and oxygen atoms in total. The van der Waals surface area contributed by atoms with E-state index < -0.39 is 0 Å². The van der Waals surface area contributed by atoms with Gasteiger partial charge in [0.2, 0.25) is 0 Å². The number of nitrogens with zero attached hydrogens (tertiary/aromatic N) is 1. The number of alkyl halides is 1. The van der Waals surface area contributed by atoms with Crippen LogP contribution in [0.15, 0.2) is 16.9 Å². The summed E-state index contributed by atoms with van der Waals surface area (Å²) in [6.07, 6.45) is 4.51. The highest BCUT2D eigenvalue weighted by atomic mass is 35.5. The van der Waals surface area contributed by atoms with Crippen molar-refractivity contribution in [2.24, 2.45) is 5.92 Å². The summed E-state index contributed by atoms with van der Waals surface area (Å²) >= 11 is 5.98. The average Bonchev–Trinajstić information content (AvgIpc) is 2.84. The van der Waals surface area contributed by atoms with Crippen LogP contribution in [0.25, 0.3) is 0 Å². The fraction of sp³-hybridized carbons (Fsp3) is 0.600. The van der Waals surface area contributed by atoms with Crippen molar-refractivity contribution in [1.82, 2.24) is 10.5 Å². The molecule has 2 atom stereocenters. The van der Waals surface area contributed by atoms with Gasteiger partial charge in [-0.25, -0.2) is 0 Å². The number of hydrogen-bond donors (Lipinski definition) is 1. The molecule has 1 amide bonds. The Bertz CT molecular complexity index is 326. The molecule has 0 spiro atoms. The SMILES string of the molecule is O=C(NCC1CCC(Cl)C1)c1ccon1.